The summed E-state index contributed by atoms with van der Waals surface area (Å²) in [6, 6.07) is 17.3. The summed E-state index contributed by atoms with van der Waals surface area (Å²) in [6.45, 7) is 3.24. The zero-order valence-corrected chi connectivity index (χ0v) is 18.8. The van der Waals surface area contributed by atoms with E-state index in [-0.39, 0.29) is 6.04 Å². The molecule has 0 saturated carbocycles. The molecule has 3 heterocycles. The van der Waals surface area contributed by atoms with Gasteiger partial charge in [0.2, 0.25) is 0 Å². The van der Waals surface area contributed by atoms with Gasteiger partial charge in [-0.25, -0.2) is 0 Å². The van der Waals surface area contributed by atoms with Crippen molar-refractivity contribution in [3.63, 3.8) is 0 Å². The van der Waals surface area contributed by atoms with E-state index in [9.17, 15) is 0 Å². The van der Waals surface area contributed by atoms with Crippen molar-refractivity contribution in [1.82, 2.24) is 10.6 Å². The molecule has 3 aromatic rings. The van der Waals surface area contributed by atoms with Crippen molar-refractivity contribution in [2.75, 3.05) is 6.54 Å². The van der Waals surface area contributed by atoms with E-state index in [1.807, 2.05) is 18.3 Å². The van der Waals surface area contributed by atoms with Gasteiger partial charge in [-0.2, -0.15) is 0 Å². The number of rotatable bonds is 4. The molecule has 2 unspecified atom stereocenters. The molecule has 1 aliphatic carbocycles. The second-order valence-corrected chi connectivity index (χ2v) is 9.00. The highest BCUT2D eigenvalue weighted by Gasteiger charge is 2.32. The highest BCUT2D eigenvalue weighted by molar-refractivity contribution is 5.81. The van der Waals surface area contributed by atoms with Crippen molar-refractivity contribution in [2.45, 2.75) is 25.3 Å². The van der Waals surface area contributed by atoms with Crippen LogP contribution in [0.4, 0.5) is 0 Å². The van der Waals surface area contributed by atoms with Crippen LogP contribution in [0.1, 0.15) is 30.4 Å². The maximum Gasteiger partial charge on any atom is 0.136 e. The third-order valence-electron chi connectivity index (χ3n) is 7.15. The van der Waals surface area contributed by atoms with Crippen LogP contribution in [0.5, 0.6) is 0 Å². The van der Waals surface area contributed by atoms with E-state index in [0.29, 0.717) is 11.8 Å². The van der Waals surface area contributed by atoms with Gasteiger partial charge < -0.3 is 15.1 Å². The van der Waals surface area contributed by atoms with Crippen molar-refractivity contribution < 1.29 is 4.42 Å². The van der Waals surface area contributed by atoms with Gasteiger partial charge in [0.25, 0.3) is 0 Å². The van der Waals surface area contributed by atoms with Crippen LogP contribution in [-0.4, -0.2) is 12.6 Å². The van der Waals surface area contributed by atoms with E-state index in [2.05, 4.69) is 96.5 Å². The topological polar surface area (TPSA) is 37.2 Å². The standard InChI is InChI=1S/C30H28N2O/c1-20(21-10-2-3-11-23(21)26-13-6-8-18-31-26)22-16-17-25-24-12-4-5-15-28(24)33-30(25)29(22)27-14-7-9-19-32-27/h2-15,17,19-20,22,27,31-32H,16,18H2,1H3/t20-,22?,27?/m1/s1. The Balaban J connectivity index is 1.52. The molecular formula is C30H28N2O. The number of hydrogen-bond acceptors (Lipinski definition) is 3. The molecule has 0 radical (unpaired) electrons. The first-order valence-corrected chi connectivity index (χ1v) is 11.8. The lowest BCUT2D eigenvalue weighted by Gasteiger charge is -2.33. The van der Waals surface area contributed by atoms with Crippen LogP contribution >= 0.6 is 0 Å². The molecule has 2 aliphatic heterocycles. The Morgan fingerprint density at radius 2 is 1.88 bits per heavy atom. The van der Waals surface area contributed by atoms with E-state index >= 15 is 0 Å². The van der Waals surface area contributed by atoms with Crippen LogP contribution in [0.3, 0.4) is 0 Å². The van der Waals surface area contributed by atoms with Gasteiger partial charge in [0.05, 0.1) is 6.04 Å². The molecule has 2 N–H and O–H groups in total. The average molecular weight is 433 g/mol. The van der Waals surface area contributed by atoms with Gasteiger partial charge in [-0.1, -0.05) is 79.8 Å². The van der Waals surface area contributed by atoms with Crippen LogP contribution in [-0.2, 0) is 0 Å². The first-order valence-electron chi connectivity index (χ1n) is 11.8. The fourth-order valence-electron chi connectivity index (χ4n) is 5.51. The summed E-state index contributed by atoms with van der Waals surface area (Å²) in [7, 11) is 0. The fraction of sp³-hybridized carbons (Fsp3) is 0.200. The maximum absolute atomic E-state index is 6.52. The first kappa shape index (κ1) is 19.9. The number of para-hydroxylation sites is 1. The molecule has 1 aromatic heterocycles. The Morgan fingerprint density at radius 3 is 2.73 bits per heavy atom. The molecule has 6 rings (SSSR count). The van der Waals surface area contributed by atoms with Crippen molar-refractivity contribution in [3.05, 3.63) is 113 Å². The Bertz CT molecular complexity index is 1450. The Kier molecular flexibility index (Phi) is 5.03. The highest BCUT2D eigenvalue weighted by Crippen LogP contribution is 2.39. The van der Waals surface area contributed by atoms with E-state index in [1.165, 1.54) is 33.0 Å². The quantitative estimate of drug-likeness (QED) is 0.626. The lowest BCUT2D eigenvalue weighted by Crippen LogP contribution is -2.40. The molecule has 0 bridgehead atoms. The van der Waals surface area contributed by atoms with Gasteiger partial charge in [0.1, 0.15) is 11.0 Å². The molecule has 0 fully saturated rings. The van der Waals surface area contributed by atoms with E-state index in [4.69, 9.17) is 4.42 Å². The molecule has 0 amide bonds. The van der Waals surface area contributed by atoms with Crippen LogP contribution in [0.2, 0.25) is 0 Å². The van der Waals surface area contributed by atoms with Gasteiger partial charge in [-0.05, 0) is 48.2 Å². The normalized spacial score (nSPS) is 22.2. The zero-order valence-electron chi connectivity index (χ0n) is 18.8. The second kappa shape index (κ2) is 8.32. The Hall–Kier alpha value is -3.72. The minimum Gasteiger partial charge on any atom is -0.456 e. The monoisotopic (exact) mass is 432 g/mol. The third kappa shape index (κ3) is 3.45. The van der Waals surface area contributed by atoms with Crippen LogP contribution in [0.25, 0.3) is 28.3 Å². The second-order valence-electron chi connectivity index (χ2n) is 9.00. The van der Waals surface area contributed by atoms with Gasteiger partial charge in [-0.15, -0.1) is 0 Å². The van der Waals surface area contributed by atoms with Crippen LogP contribution in [0.15, 0.2) is 95.6 Å². The first-order chi connectivity index (χ1) is 16.3. The summed E-state index contributed by atoms with van der Waals surface area (Å²) in [4.78, 5) is 0. The molecule has 33 heavy (non-hydrogen) atoms. The van der Waals surface area contributed by atoms with E-state index in [0.717, 1.165) is 24.0 Å². The number of hydrogen-bond donors (Lipinski definition) is 2. The third-order valence-corrected chi connectivity index (χ3v) is 7.15. The zero-order chi connectivity index (χ0) is 22.2. The number of dihydropyridines is 2. The Morgan fingerprint density at radius 1 is 1.00 bits per heavy atom. The summed E-state index contributed by atoms with van der Waals surface area (Å²) in [6.07, 6.45) is 18.3. The molecular weight excluding hydrogens is 404 g/mol. The largest absolute Gasteiger partial charge is 0.456 e. The van der Waals surface area contributed by atoms with Crippen molar-refractivity contribution in [2.24, 2.45) is 5.92 Å². The molecule has 3 heteroatoms. The van der Waals surface area contributed by atoms with Crippen molar-refractivity contribution >= 4 is 28.3 Å². The van der Waals surface area contributed by atoms with Gasteiger partial charge in [-0.3, -0.25) is 0 Å². The predicted molar refractivity (Wildman–Crippen MR) is 137 cm³/mol. The SMILES string of the molecule is C[C@H](c1ccccc1C1=CC=CCN1)C1CC=c2c(oc3ccccc23)=C1C1C=CC=CN1. The van der Waals surface area contributed by atoms with Crippen molar-refractivity contribution in [3.8, 4) is 0 Å². The molecule has 0 spiro atoms. The molecule has 164 valence electrons. The van der Waals surface area contributed by atoms with Gasteiger partial charge in [0, 0.05) is 34.0 Å². The molecule has 2 aromatic carbocycles. The summed E-state index contributed by atoms with van der Waals surface area (Å²) in [5.41, 5.74) is 7.20. The lowest BCUT2D eigenvalue weighted by molar-refractivity contribution is 0.502. The van der Waals surface area contributed by atoms with Crippen LogP contribution < -0.4 is 21.3 Å². The number of furan rings is 1. The number of allylic oxidation sites excluding steroid dienone is 4. The van der Waals surface area contributed by atoms with Crippen LogP contribution in [0, 0.1) is 5.92 Å². The maximum atomic E-state index is 6.52. The Labute approximate surface area is 194 Å². The summed E-state index contributed by atoms with van der Waals surface area (Å²) >= 11 is 0. The highest BCUT2D eigenvalue weighted by atomic mass is 16.3. The molecule has 0 saturated heterocycles. The minimum absolute atomic E-state index is 0.123. The number of benzene rings is 2. The molecule has 3 aliphatic rings. The minimum atomic E-state index is 0.123. The van der Waals surface area contributed by atoms with Crippen molar-refractivity contribution in [1.29, 1.82) is 0 Å². The van der Waals surface area contributed by atoms with Gasteiger partial charge in [0.15, 0.2) is 0 Å². The number of nitrogens with one attached hydrogen (secondary N) is 2. The fourth-order valence-corrected chi connectivity index (χ4v) is 5.51. The lowest BCUT2D eigenvalue weighted by atomic mass is 9.74. The molecule has 3 atom stereocenters. The summed E-state index contributed by atoms with van der Waals surface area (Å²) in [5.74, 6) is 0.649. The number of fused-ring (bicyclic) bond motifs is 3. The van der Waals surface area contributed by atoms with E-state index < -0.39 is 0 Å². The average Bonchev–Trinajstić information content (AvgIpc) is 3.27. The van der Waals surface area contributed by atoms with Gasteiger partial charge >= 0.3 is 0 Å². The smallest absolute Gasteiger partial charge is 0.136 e. The summed E-state index contributed by atoms with van der Waals surface area (Å²) in [5, 5.41) is 9.57. The van der Waals surface area contributed by atoms with E-state index in [1.54, 1.807) is 0 Å². The predicted octanol–water partition coefficient (Wildman–Crippen LogP) is 4.73. The molecule has 3 nitrogen and oxygen atoms in total. The summed E-state index contributed by atoms with van der Waals surface area (Å²) < 4.78 is 6.52.